The van der Waals surface area contributed by atoms with Gasteiger partial charge in [-0.15, -0.1) is 0 Å². The molecule has 3 aliphatic rings. The van der Waals surface area contributed by atoms with E-state index in [1.165, 1.54) is 32.1 Å². The van der Waals surface area contributed by atoms with Crippen molar-refractivity contribution in [3.63, 3.8) is 0 Å². The van der Waals surface area contributed by atoms with Crippen molar-refractivity contribution in [2.45, 2.75) is 69.6 Å². The van der Waals surface area contributed by atoms with Gasteiger partial charge in [0.2, 0.25) is 11.8 Å². The van der Waals surface area contributed by atoms with E-state index in [-0.39, 0.29) is 42.9 Å². The van der Waals surface area contributed by atoms with Gasteiger partial charge in [-0.2, -0.15) is 0 Å². The predicted molar refractivity (Wildman–Crippen MR) is 105 cm³/mol. The molecule has 2 aliphatic heterocycles. The maximum atomic E-state index is 12.4. The largest absolute Gasteiger partial charge is 0.394 e. The van der Waals surface area contributed by atoms with E-state index < -0.39 is 6.10 Å². The number of carbonyl (C=O) groups is 2. The summed E-state index contributed by atoms with van der Waals surface area (Å²) in [4.78, 5) is 24.7. The van der Waals surface area contributed by atoms with E-state index in [1.54, 1.807) is 0 Å². The summed E-state index contributed by atoms with van der Waals surface area (Å²) >= 11 is 0. The summed E-state index contributed by atoms with van der Waals surface area (Å²) in [6.45, 7) is 1.75. The molecule has 0 radical (unpaired) electrons. The fourth-order valence-corrected chi connectivity index (χ4v) is 4.28. The summed E-state index contributed by atoms with van der Waals surface area (Å²) in [5.74, 6) is 0.491. The lowest BCUT2D eigenvalue weighted by atomic mass is 9.89. The van der Waals surface area contributed by atoms with Crippen molar-refractivity contribution in [1.82, 2.24) is 10.6 Å². The third-order valence-electron chi connectivity index (χ3n) is 6.06. The van der Waals surface area contributed by atoms with Crippen LogP contribution >= 0.6 is 0 Å². The zero-order valence-corrected chi connectivity index (χ0v) is 16.6. The second-order valence-corrected chi connectivity index (χ2v) is 8.21. The number of aliphatic hydroxyl groups is 1. The predicted octanol–water partition coefficient (Wildman–Crippen LogP) is 1.30. The minimum atomic E-state index is -0.537. The van der Waals surface area contributed by atoms with E-state index >= 15 is 0 Å². The first-order valence-electron chi connectivity index (χ1n) is 10.7. The maximum Gasteiger partial charge on any atom is 0.223 e. The average molecular weight is 395 g/mol. The lowest BCUT2D eigenvalue weighted by molar-refractivity contribution is -0.132. The Bertz CT molecular complexity index is 541. The molecule has 0 aromatic carbocycles. The molecular formula is C21H34N2O5. The molecule has 0 aromatic rings. The highest BCUT2D eigenvalue weighted by molar-refractivity contribution is 5.79. The number of nitrogens with one attached hydrogen (secondary N) is 2. The second-order valence-electron chi connectivity index (χ2n) is 8.21. The number of amides is 2. The van der Waals surface area contributed by atoms with Crippen molar-refractivity contribution in [2.75, 3.05) is 26.4 Å². The van der Waals surface area contributed by atoms with Crippen LogP contribution in [0.3, 0.4) is 0 Å². The summed E-state index contributed by atoms with van der Waals surface area (Å²) in [5.41, 5.74) is 0. The monoisotopic (exact) mass is 394 g/mol. The average Bonchev–Trinajstić information content (AvgIpc) is 2.74. The first-order valence-corrected chi connectivity index (χ1v) is 10.7. The van der Waals surface area contributed by atoms with Gasteiger partial charge in [-0.25, -0.2) is 0 Å². The molecule has 158 valence electrons. The summed E-state index contributed by atoms with van der Waals surface area (Å²) in [6.07, 6.45) is 10.6. The zero-order valence-electron chi connectivity index (χ0n) is 16.6. The molecule has 1 saturated carbocycles. The Kier molecular flexibility index (Phi) is 8.30. The van der Waals surface area contributed by atoms with Crippen LogP contribution in [0.15, 0.2) is 12.2 Å². The smallest absolute Gasteiger partial charge is 0.223 e. The molecule has 3 atom stereocenters. The van der Waals surface area contributed by atoms with Gasteiger partial charge in [0, 0.05) is 25.7 Å². The van der Waals surface area contributed by atoms with Gasteiger partial charge in [-0.3, -0.25) is 9.59 Å². The number of rotatable bonds is 7. The molecule has 28 heavy (non-hydrogen) atoms. The molecule has 2 amide bonds. The zero-order chi connectivity index (χ0) is 19.8. The van der Waals surface area contributed by atoms with Crippen molar-refractivity contribution in [1.29, 1.82) is 0 Å². The molecule has 2 fully saturated rings. The van der Waals surface area contributed by atoms with Gasteiger partial charge in [-0.1, -0.05) is 31.4 Å². The number of carbonyl (C=O) groups excluding carboxylic acids is 2. The first-order chi connectivity index (χ1) is 13.7. The molecular weight excluding hydrogens is 360 g/mol. The lowest BCUT2D eigenvalue weighted by Gasteiger charge is -2.33. The SMILES string of the molecule is O=C(C[C@@H]1C=C[C@@H](NC(=O)C2CCOCC2)[C@@H](CO)O1)NCC1CCCCC1. The van der Waals surface area contributed by atoms with E-state index in [0.717, 1.165) is 19.4 Å². The Morgan fingerprint density at radius 1 is 1.04 bits per heavy atom. The molecule has 0 aromatic heterocycles. The molecule has 0 unspecified atom stereocenters. The molecule has 1 saturated heterocycles. The Hall–Kier alpha value is -1.44. The van der Waals surface area contributed by atoms with Gasteiger partial charge in [0.15, 0.2) is 0 Å². The van der Waals surface area contributed by atoms with Crippen molar-refractivity contribution < 1.29 is 24.2 Å². The third kappa shape index (κ3) is 6.29. The highest BCUT2D eigenvalue weighted by Crippen LogP contribution is 2.23. The van der Waals surface area contributed by atoms with Crippen LogP contribution in [0, 0.1) is 11.8 Å². The molecule has 0 spiro atoms. The molecule has 7 heteroatoms. The molecule has 3 N–H and O–H groups in total. The number of hydrogen-bond donors (Lipinski definition) is 3. The number of ether oxygens (including phenoxy) is 2. The van der Waals surface area contributed by atoms with Crippen molar-refractivity contribution in [3.8, 4) is 0 Å². The van der Waals surface area contributed by atoms with E-state index in [2.05, 4.69) is 10.6 Å². The minimum Gasteiger partial charge on any atom is -0.394 e. The van der Waals surface area contributed by atoms with Crippen LogP contribution in [0.1, 0.15) is 51.4 Å². The molecule has 3 rings (SSSR count). The third-order valence-corrected chi connectivity index (χ3v) is 6.06. The van der Waals surface area contributed by atoms with E-state index in [9.17, 15) is 14.7 Å². The standard InChI is InChI=1S/C21H34N2O5/c24-14-19-18(23-21(26)16-8-10-27-11-9-16)7-6-17(28-19)12-20(25)22-13-15-4-2-1-3-5-15/h6-7,15-19,24H,1-5,8-14H2,(H,22,25)(H,23,26)/t17-,18+,19+/m0/s1. The van der Waals surface area contributed by atoms with E-state index in [4.69, 9.17) is 9.47 Å². The number of hydrogen-bond acceptors (Lipinski definition) is 5. The summed E-state index contributed by atoms with van der Waals surface area (Å²) in [5, 5.41) is 15.7. The van der Waals surface area contributed by atoms with Crippen LogP contribution in [0.4, 0.5) is 0 Å². The fourth-order valence-electron chi connectivity index (χ4n) is 4.28. The van der Waals surface area contributed by atoms with Crippen molar-refractivity contribution in [2.24, 2.45) is 11.8 Å². The van der Waals surface area contributed by atoms with Gasteiger partial charge in [-0.05, 0) is 31.6 Å². The van der Waals surface area contributed by atoms with E-state index in [0.29, 0.717) is 19.1 Å². The van der Waals surface area contributed by atoms with Gasteiger partial charge in [0.25, 0.3) is 0 Å². The summed E-state index contributed by atoms with van der Waals surface area (Å²) in [7, 11) is 0. The quantitative estimate of drug-likeness (QED) is 0.566. The Labute approximate surface area is 167 Å². The fraction of sp³-hybridized carbons (Fsp3) is 0.810. The van der Waals surface area contributed by atoms with Crippen LogP contribution < -0.4 is 10.6 Å². The highest BCUT2D eigenvalue weighted by atomic mass is 16.5. The van der Waals surface area contributed by atoms with Gasteiger partial charge in [0.05, 0.1) is 25.2 Å². The normalized spacial score (nSPS) is 29.4. The Morgan fingerprint density at radius 2 is 1.79 bits per heavy atom. The van der Waals surface area contributed by atoms with Gasteiger partial charge >= 0.3 is 0 Å². The molecule has 0 bridgehead atoms. The van der Waals surface area contributed by atoms with Gasteiger partial charge < -0.3 is 25.2 Å². The van der Waals surface area contributed by atoms with Crippen molar-refractivity contribution in [3.05, 3.63) is 12.2 Å². The van der Waals surface area contributed by atoms with Gasteiger partial charge in [0.1, 0.15) is 6.10 Å². The number of aliphatic hydroxyl groups excluding tert-OH is 1. The van der Waals surface area contributed by atoms with Crippen LogP contribution in [-0.2, 0) is 19.1 Å². The molecule has 2 heterocycles. The van der Waals surface area contributed by atoms with Crippen LogP contribution in [-0.4, -0.2) is 61.5 Å². The highest BCUT2D eigenvalue weighted by Gasteiger charge is 2.31. The Morgan fingerprint density at radius 3 is 2.50 bits per heavy atom. The van der Waals surface area contributed by atoms with Crippen LogP contribution in [0.25, 0.3) is 0 Å². The maximum absolute atomic E-state index is 12.4. The van der Waals surface area contributed by atoms with Crippen LogP contribution in [0.2, 0.25) is 0 Å². The lowest BCUT2D eigenvalue weighted by Crippen LogP contribution is -2.51. The topological polar surface area (TPSA) is 96.9 Å². The molecule has 7 nitrogen and oxygen atoms in total. The van der Waals surface area contributed by atoms with Crippen molar-refractivity contribution >= 4 is 11.8 Å². The first kappa shape index (κ1) is 21.3. The summed E-state index contributed by atoms with van der Waals surface area (Å²) < 4.78 is 11.2. The Balaban J connectivity index is 1.44. The van der Waals surface area contributed by atoms with Crippen LogP contribution in [0.5, 0.6) is 0 Å². The minimum absolute atomic E-state index is 0.0244. The second kappa shape index (κ2) is 10.9. The molecule has 1 aliphatic carbocycles. The summed E-state index contributed by atoms with van der Waals surface area (Å²) in [6, 6.07) is -0.373. The van der Waals surface area contributed by atoms with E-state index in [1.807, 2.05) is 12.2 Å².